The molecule has 11 heavy (non-hydrogen) atoms. The number of hydrogen-bond donors (Lipinski definition) is 1. The van der Waals surface area contributed by atoms with Crippen molar-refractivity contribution in [3.05, 3.63) is 0 Å². The maximum absolute atomic E-state index is 3.50. The van der Waals surface area contributed by atoms with Crippen LogP contribution in [0.15, 0.2) is 0 Å². The molecule has 1 aliphatic heterocycles. The van der Waals surface area contributed by atoms with E-state index in [4.69, 9.17) is 0 Å². The topological polar surface area (TPSA) is 15.3 Å². The van der Waals surface area contributed by atoms with Crippen LogP contribution in [0.4, 0.5) is 0 Å². The molecule has 0 bridgehead atoms. The van der Waals surface area contributed by atoms with Crippen molar-refractivity contribution in [1.29, 1.82) is 0 Å². The Bertz CT molecular complexity index is 97.7. The molecule has 0 aromatic rings. The fraction of sp³-hybridized carbons (Fsp3) is 1.00. The van der Waals surface area contributed by atoms with Gasteiger partial charge in [-0.2, -0.15) is 0 Å². The van der Waals surface area contributed by atoms with Crippen molar-refractivity contribution in [1.82, 2.24) is 10.2 Å². The lowest BCUT2D eigenvalue weighted by molar-refractivity contribution is 0.301. The minimum Gasteiger partial charge on any atom is -0.313 e. The third-order valence-electron chi connectivity index (χ3n) is 2.30. The summed E-state index contributed by atoms with van der Waals surface area (Å²) >= 11 is 0. The molecule has 1 saturated heterocycles. The predicted octanol–water partition coefficient (Wildman–Crippen LogP) is 1.08. The average Bonchev–Trinajstić information content (AvgIpc) is 2.40. The van der Waals surface area contributed by atoms with Gasteiger partial charge in [0.1, 0.15) is 0 Å². The summed E-state index contributed by atoms with van der Waals surface area (Å²) in [6.45, 7) is 5.93. The Morgan fingerprint density at radius 3 is 2.91 bits per heavy atom. The standard InChI is InChI=1S/C9H20N2/c1-3-7-11(2)8-9-5-4-6-10-9/h9-10H,3-8H2,1-2H3/t9-/m1/s1. The molecular weight excluding hydrogens is 136 g/mol. The Morgan fingerprint density at radius 1 is 1.55 bits per heavy atom. The smallest absolute Gasteiger partial charge is 0.0195 e. The Labute approximate surface area is 70.0 Å². The van der Waals surface area contributed by atoms with Gasteiger partial charge in [0.2, 0.25) is 0 Å². The minimum absolute atomic E-state index is 0.770. The van der Waals surface area contributed by atoms with Gasteiger partial charge in [0.25, 0.3) is 0 Å². The molecule has 0 saturated carbocycles. The lowest BCUT2D eigenvalue weighted by Crippen LogP contribution is -2.35. The van der Waals surface area contributed by atoms with Gasteiger partial charge in [0.05, 0.1) is 0 Å². The van der Waals surface area contributed by atoms with E-state index in [9.17, 15) is 0 Å². The average molecular weight is 156 g/mol. The van der Waals surface area contributed by atoms with Crippen LogP contribution in [0.2, 0.25) is 0 Å². The second kappa shape index (κ2) is 4.73. The van der Waals surface area contributed by atoms with E-state index in [1.165, 1.54) is 38.9 Å². The largest absolute Gasteiger partial charge is 0.313 e. The van der Waals surface area contributed by atoms with Crippen molar-refractivity contribution in [2.24, 2.45) is 0 Å². The van der Waals surface area contributed by atoms with Crippen molar-refractivity contribution < 1.29 is 0 Å². The van der Waals surface area contributed by atoms with Gasteiger partial charge in [-0.05, 0) is 39.4 Å². The third kappa shape index (κ3) is 3.21. The van der Waals surface area contributed by atoms with E-state index in [1.54, 1.807) is 0 Å². The third-order valence-corrected chi connectivity index (χ3v) is 2.30. The number of nitrogens with one attached hydrogen (secondary N) is 1. The molecule has 1 rings (SSSR count). The number of rotatable bonds is 4. The molecular formula is C9H20N2. The van der Waals surface area contributed by atoms with Gasteiger partial charge in [-0.25, -0.2) is 0 Å². The van der Waals surface area contributed by atoms with Gasteiger partial charge in [-0.1, -0.05) is 6.92 Å². The highest BCUT2D eigenvalue weighted by Crippen LogP contribution is 2.05. The van der Waals surface area contributed by atoms with Gasteiger partial charge in [-0.3, -0.25) is 0 Å². The van der Waals surface area contributed by atoms with Crippen molar-refractivity contribution in [2.75, 3.05) is 26.7 Å². The molecule has 0 aromatic carbocycles. The van der Waals surface area contributed by atoms with Gasteiger partial charge >= 0.3 is 0 Å². The maximum atomic E-state index is 3.50. The first kappa shape index (κ1) is 9.01. The monoisotopic (exact) mass is 156 g/mol. The first-order valence-corrected chi connectivity index (χ1v) is 4.75. The van der Waals surface area contributed by atoms with Crippen molar-refractivity contribution >= 4 is 0 Å². The van der Waals surface area contributed by atoms with E-state index in [0.717, 1.165) is 6.04 Å². The van der Waals surface area contributed by atoms with Gasteiger partial charge < -0.3 is 10.2 Å². The summed E-state index contributed by atoms with van der Waals surface area (Å²) in [5.41, 5.74) is 0. The summed E-state index contributed by atoms with van der Waals surface area (Å²) in [6.07, 6.45) is 4.00. The van der Waals surface area contributed by atoms with E-state index >= 15 is 0 Å². The van der Waals surface area contributed by atoms with Crippen LogP contribution < -0.4 is 5.32 Å². The van der Waals surface area contributed by atoms with E-state index in [2.05, 4.69) is 24.2 Å². The van der Waals surface area contributed by atoms with Gasteiger partial charge in [-0.15, -0.1) is 0 Å². The second-order valence-corrected chi connectivity index (χ2v) is 3.56. The highest BCUT2D eigenvalue weighted by molar-refractivity contribution is 4.76. The normalized spacial score (nSPS) is 24.8. The Balaban J connectivity index is 2.08. The highest BCUT2D eigenvalue weighted by Gasteiger charge is 2.14. The molecule has 0 spiro atoms. The van der Waals surface area contributed by atoms with Crippen LogP contribution in [0, 0.1) is 0 Å². The number of hydrogen-bond acceptors (Lipinski definition) is 2. The fourth-order valence-electron chi connectivity index (χ4n) is 1.76. The molecule has 0 aliphatic carbocycles. The SMILES string of the molecule is CCCN(C)C[C@H]1CCCN1. The first-order valence-electron chi connectivity index (χ1n) is 4.75. The molecule has 1 atom stereocenters. The molecule has 0 aromatic heterocycles. The van der Waals surface area contributed by atoms with Crippen LogP contribution in [0.5, 0.6) is 0 Å². The van der Waals surface area contributed by atoms with Crippen LogP contribution in [0.25, 0.3) is 0 Å². The zero-order valence-electron chi connectivity index (χ0n) is 7.77. The zero-order valence-corrected chi connectivity index (χ0v) is 7.77. The van der Waals surface area contributed by atoms with E-state index in [0.29, 0.717) is 0 Å². The van der Waals surface area contributed by atoms with Crippen LogP contribution in [-0.4, -0.2) is 37.6 Å². The summed E-state index contributed by atoms with van der Waals surface area (Å²) in [7, 11) is 2.21. The van der Waals surface area contributed by atoms with E-state index in [-0.39, 0.29) is 0 Å². The number of nitrogens with zero attached hydrogens (tertiary/aromatic N) is 1. The van der Waals surface area contributed by atoms with Crippen molar-refractivity contribution in [3.63, 3.8) is 0 Å². The predicted molar refractivity (Wildman–Crippen MR) is 48.8 cm³/mol. The van der Waals surface area contributed by atoms with Gasteiger partial charge in [0, 0.05) is 12.6 Å². The van der Waals surface area contributed by atoms with Crippen LogP contribution >= 0.6 is 0 Å². The lowest BCUT2D eigenvalue weighted by Gasteiger charge is -2.19. The van der Waals surface area contributed by atoms with E-state index in [1.807, 2.05) is 0 Å². The summed E-state index contributed by atoms with van der Waals surface area (Å²) in [5.74, 6) is 0. The lowest BCUT2D eigenvalue weighted by atomic mass is 10.2. The quantitative estimate of drug-likeness (QED) is 0.655. The van der Waals surface area contributed by atoms with E-state index < -0.39 is 0 Å². The van der Waals surface area contributed by atoms with Gasteiger partial charge in [0.15, 0.2) is 0 Å². The fourth-order valence-corrected chi connectivity index (χ4v) is 1.76. The van der Waals surface area contributed by atoms with Crippen LogP contribution in [0.3, 0.4) is 0 Å². The highest BCUT2D eigenvalue weighted by atomic mass is 15.1. The molecule has 1 fully saturated rings. The number of likely N-dealkylation sites (N-methyl/N-ethyl adjacent to an activating group) is 1. The Morgan fingerprint density at radius 2 is 2.36 bits per heavy atom. The molecule has 1 N–H and O–H groups in total. The minimum atomic E-state index is 0.770. The molecule has 1 heterocycles. The molecule has 2 heteroatoms. The second-order valence-electron chi connectivity index (χ2n) is 3.56. The Hall–Kier alpha value is -0.0800. The summed E-state index contributed by atoms with van der Waals surface area (Å²) in [6, 6.07) is 0.770. The first-order chi connectivity index (χ1) is 5.33. The van der Waals surface area contributed by atoms with Crippen LogP contribution in [-0.2, 0) is 0 Å². The van der Waals surface area contributed by atoms with Crippen LogP contribution in [0.1, 0.15) is 26.2 Å². The summed E-state index contributed by atoms with van der Waals surface area (Å²) in [4.78, 5) is 2.42. The Kier molecular flexibility index (Phi) is 3.87. The summed E-state index contributed by atoms with van der Waals surface area (Å²) < 4.78 is 0. The van der Waals surface area contributed by atoms with Crippen molar-refractivity contribution in [2.45, 2.75) is 32.2 Å². The maximum Gasteiger partial charge on any atom is 0.0195 e. The zero-order chi connectivity index (χ0) is 8.10. The summed E-state index contributed by atoms with van der Waals surface area (Å²) in [5, 5.41) is 3.50. The molecule has 0 radical (unpaired) electrons. The molecule has 0 unspecified atom stereocenters. The van der Waals surface area contributed by atoms with Crippen molar-refractivity contribution in [3.8, 4) is 0 Å². The molecule has 66 valence electrons. The molecule has 2 nitrogen and oxygen atoms in total. The molecule has 0 amide bonds. The molecule has 1 aliphatic rings.